The smallest absolute Gasteiger partial charge is 0.251 e. The molecular weight excluding hydrogens is 250 g/mol. The molecule has 1 atom stereocenters. The van der Waals surface area contributed by atoms with E-state index in [2.05, 4.69) is 33.0 Å². The van der Waals surface area contributed by atoms with Crippen LogP contribution in [0.5, 0.6) is 0 Å². The van der Waals surface area contributed by atoms with E-state index >= 15 is 0 Å². The number of nitrogens with one attached hydrogen (secondary N) is 1. The molecule has 0 aromatic heterocycles. The van der Waals surface area contributed by atoms with Crippen LogP contribution in [-0.4, -0.2) is 55.3 Å². The molecule has 0 radical (unpaired) electrons. The third-order valence-corrected chi connectivity index (χ3v) is 3.21. The van der Waals surface area contributed by atoms with Gasteiger partial charge in [0.15, 0.2) is 0 Å². The van der Waals surface area contributed by atoms with Crippen LogP contribution in [0.2, 0.25) is 0 Å². The molecule has 0 aromatic carbocycles. The maximum absolute atomic E-state index is 12.5. The van der Waals surface area contributed by atoms with Gasteiger partial charge in [-0.1, -0.05) is 34.1 Å². The van der Waals surface area contributed by atoms with Crippen LogP contribution >= 0.6 is 0 Å². The van der Waals surface area contributed by atoms with E-state index in [1.807, 2.05) is 0 Å². The lowest BCUT2D eigenvalue weighted by Crippen LogP contribution is -2.46. The minimum Gasteiger partial charge on any atom is -0.395 e. The standard InChI is InChI=1S/C14H30F2N2O/c1-5-6-14(4,10-17-12(2)3)11-18(7-8-19)9-13(15)16/h12-13,17,19H,5-11H2,1-4H3. The number of nitrogens with zero attached hydrogens (tertiary/aromatic N) is 1. The zero-order chi connectivity index (χ0) is 14.9. The Bertz CT molecular complexity index is 227. The Labute approximate surface area is 116 Å². The minimum atomic E-state index is -2.35. The lowest BCUT2D eigenvalue weighted by molar-refractivity contribution is 0.0514. The molecule has 0 aliphatic heterocycles. The van der Waals surface area contributed by atoms with E-state index in [9.17, 15) is 8.78 Å². The number of aliphatic hydroxyl groups is 1. The van der Waals surface area contributed by atoms with E-state index in [-0.39, 0.29) is 18.6 Å². The normalized spacial score (nSPS) is 15.5. The molecule has 3 nitrogen and oxygen atoms in total. The summed E-state index contributed by atoms with van der Waals surface area (Å²) in [5, 5.41) is 12.4. The summed E-state index contributed by atoms with van der Waals surface area (Å²) in [5.74, 6) is 0. The molecule has 19 heavy (non-hydrogen) atoms. The number of hydrogen-bond donors (Lipinski definition) is 2. The van der Waals surface area contributed by atoms with Crippen LogP contribution in [0.3, 0.4) is 0 Å². The zero-order valence-electron chi connectivity index (χ0n) is 12.8. The first kappa shape index (κ1) is 18.7. The quantitative estimate of drug-likeness (QED) is 0.610. The van der Waals surface area contributed by atoms with Crippen LogP contribution in [0.15, 0.2) is 0 Å². The molecule has 5 heteroatoms. The van der Waals surface area contributed by atoms with Crippen LogP contribution in [0.1, 0.15) is 40.5 Å². The van der Waals surface area contributed by atoms with E-state index < -0.39 is 6.43 Å². The maximum Gasteiger partial charge on any atom is 0.251 e. The Morgan fingerprint density at radius 1 is 1.32 bits per heavy atom. The van der Waals surface area contributed by atoms with Gasteiger partial charge in [-0.05, 0) is 11.8 Å². The number of hydrogen-bond acceptors (Lipinski definition) is 3. The molecule has 1 unspecified atom stereocenters. The van der Waals surface area contributed by atoms with Crippen molar-refractivity contribution in [2.45, 2.75) is 53.0 Å². The maximum atomic E-state index is 12.5. The van der Waals surface area contributed by atoms with E-state index in [4.69, 9.17) is 5.11 Å². The number of aliphatic hydroxyl groups excluding tert-OH is 1. The first-order valence-corrected chi connectivity index (χ1v) is 7.17. The predicted molar refractivity (Wildman–Crippen MR) is 75.7 cm³/mol. The summed E-state index contributed by atoms with van der Waals surface area (Å²) in [5.41, 5.74) is -0.0386. The largest absolute Gasteiger partial charge is 0.395 e. The fourth-order valence-electron chi connectivity index (χ4n) is 2.39. The van der Waals surface area contributed by atoms with Crippen LogP contribution in [0, 0.1) is 5.41 Å². The summed E-state index contributed by atoms with van der Waals surface area (Å²) in [6.45, 7) is 9.77. The highest BCUT2D eigenvalue weighted by Crippen LogP contribution is 2.24. The second-order valence-electron chi connectivity index (χ2n) is 5.95. The van der Waals surface area contributed by atoms with E-state index in [0.717, 1.165) is 19.4 Å². The van der Waals surface area contributed by atoms with Crippen LogP contribution in [0.4, 0.5) is 8.78 Å². The van der Waals surface area contributed by atoms with Gasteiger partial charge in [0.1, 0.15) is 0 Å². The third kappa shape index (κ3) is 9.30. The molecule has 0 spiro atoms. The number of rotatable bonds is 11. The number of alkyl halides is 2. The minimum absolute atomic E-state index is 0.0386. The summed E-state index contributed by atoms with van der Waals surface area (Å²) in [7, 11) is 0. The molecule has 2 N–H and O–H groups in total. The molecule has 0 rings (SSSR count). The Hall–Kier alpha value is -0.260. The predicted octanol–water partition coefficient (Wildman–Crippen LogP) is 2.35. The van der Waals surface area contributed by atoms with Crippen molar-refractivity contribution in [2.24, 2.45) is 5.41 Å². The van der Waals surface area contributed by atoms with E-state index in [1.165, 1.54) is 0 Å². The molecule has 0 aromatic rings. The molecule has 0 aliphatic rings. The highest BCUT2D eigenvalue weighted by molar-refractivity contribution is 4.81. The molecule has 0 aliphatic carbocycles. The molecule has 116 valence electrons. The summed E-state index contributed by atoms with van der Waals surface area (Å²) in [4.78, 5) is 1.67. The first-order chi connectivity index (χ1) is 8.83. The summed E-state index contributed by atoms with van der Waals surface area (Å²) < 4.78 is 25.1. The second kappa shape index (κ2) is 9.61. The zero-order valence-corrected chi connectivity index (χ0v) is 12.8. The highest BCUT2D eigenvalue weighted by atomic mass is 19.3. The van der Waals surface area contributed by atoms with Crippen LogP contribution < -0.4 is 5.32 Å². The van der Waals surface area contributed by atoms with Crippen molar-refractivity contribution in [3.05, 3.63) is 0 Å². The van der Waals surface area contributed by atoms with Crippen molar-refractivity contribution in [2.75, 3.05) is 32.8 Å². The van der Waals surface area contributed by atoms with Gasteiger partial charge in [-0.25, -0.2) is 8.78 Å². The van der Waals surface area contributed by atoms with Gasteiger partial charge in [0.2, 0.25) is 0 Å². The molecule has 0 heterocycles. The van der Waals surface area contributed by atoms with Gasteiger partial charge in [0, 0.05) is 25.7 Å². The molecule has 0 saturated carbocycles. The van der Waals surface area contributed by atoms with Gasteiger partial charge in [0.25, 0.3) is 6.43 Å². The van der Waals surface area contributed by atoms with Gasteiger partial charge in [0.05, 0.1) is 13.2 Å². The van der Waals surface area contributed by atoms with Crippen molar-refractivity contribution in [1.82, 2.24) is 10.2 Å². The van der Waals surface area contributed by atoms with Gasteiger partial charge >= 0.3 is 0 Å². The SMILES string of the molecule is CCCC(C)(CNC(C)C)CN(CCO)CC(F)F. The monoisotopic (exact) mass is 280 g/mol. The van der Waals surface area contributed by atoms with Crippen molar-refractivity contribution < 1.29 is 13.9 Å². The second-order valence-corrected chi connectivity index (χ2v) is 5.95. The Kier molecular flexibility index (Phi) is 9.48. The van der Waals surface area contributed by atoms with Crippen LogP contribution in [0.25, 0.3) is 0 Å². The van der Waals surface area contributed by atoms with E-state index in [1.54, 1.807) is 4.90 Å². The fourth-order valence-corrected chi connectivity index (χ4v) is 2.39. The third-order valence-electron chi connectivity index (χ3n) is 3.21. The lowest BCUT2D eigenvalue weighted by atomic mass is 9.84. The Morgan fingerprint density at radius 3 is 2.37 bits per heavy atom. The Morgan fingerprint density at radius 2 is 1.95 bits per heavy atom. The summed E-state index contributed by atoms with van der Waals surface area (Å²) in [6.07, 6.45) is -0.342. The molecule has 0 fully saturated rings. The van der Waals surface area contributed by atoms with Crippen molar-refractivity contribution in [3.8, 4) is 0 Å². The van der Waals surface area contributed by atoms with Crippen molar-refractivity contribution >= 4 is 0 Å². The molecule has 0 bridgehead atoms. The van der Waals surface area contributed by atoms with Gasteiger partial charge in [-0.15, -0.1) is 0 Å². The lowest BCUT2D eigenvalue weighted by Gasteiger charge is -2.36. The Balaban J connectivity index is 4.55. The average molecular weight is 280 g/mol. The molecule has 0 amide bonds. The molecular formula is C14H30F2N2O. The average Bonchev–Trinajstić information content (AvgIpc) is 2.26. The number of halogens is 2. The van der Waals surface area contributed by atoms with Crippen molar-refractivity contribution in [1.29, 1.82) is 0 Å². The molecule has 0 saturated heterocycles. The highest BCUT2D eigenvalue weighted by Gasteiger charge is 2.27. The summed E-state index contributed by atoms with van der Waals surface area (Å²) >= 11 is 0. The van der Waals surface area contributed by atoms with Crippen LogP contribution in [-0.2, 0) is 0 Å². The van der Waals surface area contributed by atoms with Gasteiger partial charge < -0.3 is 10.4 Å². The van der Waals surface area contributed by atoms with Crippen molar-refractivity contribution in [3.63, 3.8) is 0 Å². The summed E-state index contributed by atoms with van der Waals surface area (Å²) in [6, 6.07) is 0.387. The van der Waals surface area contributed by atoms with Gasteiger partial charge in [-0.3, -0.25) is 4.90 Å². The topological polar surface area (TPSA) is 35.5 Å². The van der Waals surface area contributed by atoms with Gasteiger partial charge in [-0.2, -0.15) is 0 Å². The first-order valence-electron chi connectivity index (χ1n) is 7.17. The van der Waals surface area contributed by atoms with E-state index in [0.29, 0.717) is 19.1 Å². The fraction of sp³-hybridized carbons (Fsp3) is 1.00.